The van der Waals surface area contributed by atoms with Gasteiger partial charge in [0, 0.05) is 18.1 Å². The Kier molecular flexibility index (Phi) is 4.42. The number of phenolic OH excluding ortho intramolecular Hbond substituents is 1. The van der Waals surface area contributed by atoms with Gasteiger partial charge in [0.2, 0.25) is 0 Å². The van der Waals surface area contributed by atoms with Crippen molar-refractivity contribution < 1.29 is 19.8 Å². The van der Waals surface area contributed by atoms with Gasteiger partial charge in [-0.25, -0.2) is 0 Å². The van der Waals surface area contributed by atoms with Crippen LogP contribution in [0.4, 0.5) is 0 Å². The maximum absolute atomic E-state index is 12.4. The van der Waals surface area contributed by atoms with E-state index in [9.17, 15) is 19.8 Å². The quantitative estimate of drug-likeness (QED) is 0.899. The van der Waals surface area contributed by atoms with Crippen LogP contribution in [0.25, 0.3) is 0 Å². The lowest BCUT2D eigenvalue weighted by atomic mass is 9.76. The summed E-state index contributed by atoms with van der Waals surface area (Å²) < 4.78 is 0. The van der Waals surface area contributed by atoms with Crippen LogP contribution in [0.15, 0.2) is 18.2 Å². The highest BCUT2D eigenvalue weighted by Gasteiger charge is 2.41. The van der Waals surface area contributed by atoms with Crippen molar-refractivity contribution in [2.75, 3.05) is 13.1 Å². The molecule has 2 N–H and O–H groups in total. The first-order valence-electron chi connectivity index (χ1n) is 6.91. The summed E-state index contributed by atoms with van der Waals surface area (Å²) in [6.45, 7) is 2.61. The normalized spacial score (nSPS) is 17.5. The molecule has 0 atom stereocenters. The van der Waals surface area contributed by atoms with Crippen molar-refractivity contribution in [3.8, 4) is 5.75 Å². The number of aliphatic carboxylic acids is 1. The Morgan fingerprint density at radius 1 is 1.33 bits per heavy atom. The summed E-state index contributed by atoms with van der Waals surface area (Å²) in [5, 5.41) is 19.5. The minimum absolute atomic E-state index is 0.155. The Morgan fingerprint density at radius 3 is 2.43 bits per heavy atom. The first kappa shape index (κ1) is 15.6. The Bertz CT molecular complexity index is 565. The van der Waals surface area contributed by atoms with Crippen molar-refractivity contribution in [3.63, 3.8) is 0 Å². The van der Waals surface area contributed by atoms with E-state index >= 15 is 0 Å². The van der Waals surface area contributed by atoms with Crippen LogP contribution in [0, 0.1) is 5.41 Å². The van der Waals surface area contributed by atoms with Gasteiger partial charge in [0.15, 0.2) is 0 Å². The van der Waals surface area contributed by atoms with E-state index < -0.39 is 11.4 Å². The number of nitrogens with zero attached hydrogens (tertiary/aromatic N) is 1. The number of carboxylic acid groups (broad SMARTS) is 1. The van der Waals surface area contributed by atoms with Gasteiger partial charge in [-0.2, -0.15) is 0 Å². The van der Waals surface area contributed by atoms with Crippen LogP contribution in [0.1, 0.15) is 36.5 Å². The van der Waals surface area contributed by atoms with Crippen molar-refractivity contribution in [3.05, 3.63) is 28.8 Å². The van der Waals surface area contributed by atoms with Crippen LogP contribution < -0.4 is 0 Å². The first-order valence-corrected chi connectivity index (χ1v) is 7.28. The second-order valence-electron chi connectivity index (χ2n) is 5.39. The zero-order valence-electron chi connectivity index (χ0n) is 11.8. The minimum atomic E-state index is -0.800. The van der Waals surface area contributed by atoms with E-state index in [4.69, 9.17) is 11.6 Å². The fourth-order valence-electron chi connectivity index (χ4n) is 2.71. The van der Waals surface area contributed by atoms with Crippen molar-refractivity contribution in [1.29, 1.82) is 0 Å². The molecule has 6 heteroatoms. The van der Waals surface area contributed by atoms with E-state index in [1.54, 1.807) is 11.0 Å². The third-order valence-electron chi connectivity index (χ3n) is 4.33. The maximum Gasteiger partial charge on any atom is 0.309 e. The second-order valence-corrected chi connectivity index (χ2v) is 5.83. The van der Waals surface area contributed by atoms with Gasteiger partial charge < -0.3 is 15.1 Å². The van der Waals surface area contributed by atoms with Crippen molar-refractivity contribution in [2.24, 2.45) is 5.41 Å². The Labute approximate surface area is 128 Å². The lowest BCUT2D eigenvalue weighted by Crippen LogP contribution is -2.46. The standard InChI is InChI=1S/C15H18ClNO4/c1-2-15(14(20)21)5-7-17(8-6-15)13(19)11-4-3-10(16)9-12(11)18/h3-4,9,18H,2,5-8H2,1H3,(H,20,21). The number of likely N-dealkylation sites (tertiary alicyclic amines) is 1. The van der Waals surface area contributed by atoms with Crippen LogP contribution in [0.5, 0.6) is 5.75 Å². The Balaban J connectivity index is 2.12. The molecule has 1 aromatic carbocycles. The summed E-state index contributed by atoms with van der Waals surface area (Å²) in [5.41, 5.74) is -0.544. The summed E-state index contributed by atoms with van der Waals surface area (Å²) in [5.74, 6) is -1.25. The summed E-state index contributed by atoms with van der Waals surface area (Å²) in [6, 6.07) is 4.36. The van der Waals surface area contributed by atoms with E-state index in [1.807, 2.05) is 6.92 Å². The van der Waals surface area contributed by atoms with Gasteiger partial charge in [0.05, 0.1) is 11.0 Å². The predicted octanol–water partition coefficient (Wildman–Crippen LogP) is 2.76. The molecule has 0 radical (unpaired) electrons. The number of phenols is 1. The number of carbonyl (C=O) groups is 2. The average Bonchev–Trinajstić information content (AvgIpc) is 2.46. The molecule has 1 heterocycles. The largest absolute Gasteiger partial charge is 0.507 e. The number of carboxylic acids is 1. The van der Waals surface area contributed by atoms with Gasteiger partial charge in [0.1, 0.15) is 5.75 Å². The molecular formula is C15H18ClNO4. The molecule has 21 heavy (non-hydrogen) atoms. The molecule has 0 aromatic heterocycles. The lowest BCUT2D eigenvalue weighted by molar-refractivity contribution is -0.152. The monoisotopic (exact) mass is 311 g/mol. The zero-order chi connectivity index (χ0) is 15.6. The minimum Gasteiger partial charge on any atom is -0.507 e. The number of piperidine rings is 1. The van der Waals surface area contributed by atoms with Gasteiger partial charge in [0.25, 0.3) is 5.91 Å². The molecule has 1 saturated heterocycles. The van der Waals surface area contributed by atoms with Crippen LogP contribution in [-0.2, 0) is 4.79 Å². The Hall–Kier alpha value is -1.75. The molecule has 0 spiro atoms. The number of halogens is 1. The van der Waals surface area contributed by atoms with Gasteiger partial charge in [-0.3, -0.25) is 9.59 Å². The molecule has 0 bridgehead atoms. The van der Waals surface area contributed by atoms with E-state index in [1.165, 1.54) is 12.1 Å². The number of hydrogen-bond donors (Lipinski definition) is 2. The summed E-state index contributed by atoms with van der Waals surface area (Å²) in [4.78, 5) is 25.3. The SMILES string of the molecule is CCC1(C(=O)O)CCN(C(=O)c2ccc(Cl)cc2O)CC1. The molecule has 0 saturated carbocycles. The predicted molar refractivity (Wildman–Crippen MR) is 78.6 cm³/mol. The lowest BCUT2D eigenvalue weighted by Gasteiger charge is -2.38. The summed E-state index contributed by atoms with van der Waals surface area (Å²) in [7, 11) is 0. The van der Waals surface area contributed by atoms with Crippen molar-refractivity contribution in [2.45, 2.75) is 26.2 Å². The fourth-order valence-corrected chi connectivity index (χ4v) is 2.88. The number of carbonyl (C=O) groups excluding carboxylic acids is 1. The van der Waals surface area contributed by atoms with Crippen molar-refractivity contribution >= 4 is 23.5 Å². The fraction of sp³-hybridized carbons (Fsp3) is 0.467. The molecule has 0 unspecified atom stereocenters. The maximum atomic E-state index is 12.4. The topological polar surface area (TPSA) is 77.8 Å². The molecule has 1 aliphatic rings. The van der Waals surface area contributed by atoms with Crippen molar-refractivity contribution in [1.82, 2.24) is 4.90 Å². The number of rotatable bonds is 3. The molecular weight excluding hydrogens is 294 g/mol. The highest BCUT2D eigenvalue weighted by molar-refractivity contribution is 6.30. The van der Waals surface area contributed by atoms with E-state index in [0.29, 0.717) is 37.4 Å². The molecule has 1 fully saturated rings. The Morgan fingerprint density at radius 2 is 1.95 bits per heavy atom. The summed E-state index contributed by atoms with van der Waals surface area (Å²) >= 11 is 5.75. The number of aromatic hydroxyl groups is 1. The molecule has 0 aliphatic carbocycles. The van der Waals surface area contributed by atoms with Crippen LogP contribution in [0.3, 0.4) is 0 Å². The highest BCUT2D eigenvalue weighted by atomic mass is 35.5. The molecule has 1 amide bonds. The van der Waals surface area contributed by atoms with Gasteiger partial charge in [-0.05, 0) is 37.5 Å². The smallest absolute Gasteiger partial charge is 0.309 e. The molecule has 1 aliphatic heterocycles. The molecule has 1 aromatic rings. The second kappa shape index (κ2) is 5.93. The van der Waals surface area contributed by atoms with Crippen LogP contribution in [-0.4, -0.2) is 40.1 Å². The third-order valence-corrected chi connectivity index (χ3v) is 4.56. The molecule has 114 valence electrons. The number of hydrogen-bond acceptors (Lipinski definition) is 3. The molecule has 5 nitrogen and oxygen atoms in total. The average molecular weight is 312 g/mol. The van der Waals surface area contributed by atoms with Gasteiger partial charge >= 0.3 is 5.97 Å². The zero-order valence-corrected chi connectivity index (χ0v) is 12.6. The number of amides is 1. The van der Waals surface area contributed by atoms with Gasteiger partial charge in [-0.1, -0.05) is 18.5 Å². The van der Waals surface area contributed by atoms with E-state index in [-0.39, 0.29) is 17.2 Å². The molecule has 2 rings (SSSR count). The van der Waals surface area contributed by atoms with E-state index in [0.717, 1.165) is 0 Å². The third kappa shape index (κ3) is 2.97. The number of benzene rings is 1. The summed E-state index contributed by atoms with van der Waals surface area (Å²) in [6.07, 6.45) is 1.41. The first-order chi connectivity index (χ1) is 9.89. The highest BCUT2D eigenvalue weighted by Crippen LogP contribution is 2.36. The van der Waals surface area contributed by atoms with Crippen LogP contribution in [0.2, 0.25) is 5.02 Å². The van der Waals surface area contributed by atoms with E-state index in [2.05, 4.69) is 0 Å². The van der Waals surface area contributed by atoms with Crippen LogP contribution >= 0.6 is 11.6 Å². The van der Waals surface area contributed by atoms with Gasteiger partial charge in [-0.15, -0.1) is 0 Å².